The molecule has 0 aliphatic heterocycles. The van der Waals surface area contributed by atoms with E-state index in [1.54, 1.807) is 31.2 Å². The topological polar surface area (TPSA) is 37.3 Å². The third-order valence-corrected chi connectivity index (χ3v) is 3.07. The van der Waals surface area contributed by atoms with Crippen LogP contribution in [-0.2, 0) is 5.60 Å². The van der Waals surface area contributed by atoms with E-state index < -0.39 is 5.60 Å². The van der Waals surface area contributed by atoms with Gasteiger partial charge >= 0.3 is 0 Å². The standard InChI is InChI=1S/C13H18O2/c1-12(2,3)13(4,15)11-7-5-10(9-14)6-8-11/h5-9,15H,1-4H3. The van der Waals surface area contributed by atoms with E-state index in [2.05, 4.69) is 0 Å². The quantitative estimate of drug-likeness (QED) is 0.755. The Morgan fingerprint density at radius 2 is 1.53 bits per heavy atom. The van der Waals surface area contributed by atoms with Gasteiger partial charge in [-0.15, -0.1) is 0 Å². The van der Waals surface area contributed by atoms with Crippen LogP contribution < -0.4 is 0 Å². The van der Waals surface area contributed by atoms with E-state index in [0.717, 1.165) is 11.8 Å². The Morgan fingerprint density at radius 1 is 1.07 bits per heavy atom. The molecule has 1 aromatic rings. The van der Waals surface area contributed by atoms with E-state index in [0.29, 0.717) is 5.56 Å². The van der Waals surface area contributed by atoms with Crippen molar-refractivity contribution in [1.82, 2.24) is 0 Å². The first-order valence-electron chi connectivity index (χ1n) is 5.07. The predicted octanol–water partition coefficient (Wildman–Crippen LogP) is 2.75. The van der Waals surface area contributed by atoms with E-state index in [1.807, 2.05) is 20.8 Å². The van der Waals surface area contributed by atoms with Crippen LogP contribution in [0.15, 0.2) is 24.3 Å². The largest absolute Gasteiger partial charge is 0.385 e. The fourth-order valence-electron chi connectivity index (χ4n) is 1.32. The van der Waals surface area contributed by atoms with E-state index in [1.165, 1.54) is 0 Å². The molecule has 82 valence electrons. The maximum atomic E-state index is 10.5. The molecule has 0 saturated carbocycles. The van der Waals surface area contributed by atoms with Gasteiger partial charge in [-0.2, -0.15) is 0 Å². The minimum absolute atomic E-state index is 0.240. The minimum atomic E-state index is -0.894. The maximum absolute atomic E-state index is 10.5. The summed E-state index contributed by atoms with van der Waals surface area (Å²) in [5, 5.41) is 10.4. The molecule has 0 spiro atoms. The number of aldehydes is 1. The monoisotopic (exact) mass is 206 g/mol. The molecule has 0 fully saturated rings. The van der Waals surface area contributed by atoms with Gasteiger partial charge in [0.25, 0.3) is 0 Å². The number of benzene rings is 1. The lowest BCUT2D eigenvalue weighted by molar-refractivity contribution is -0.0470. The van der Waals surface area contributed by atoms with Gasteiger partial charge in [0, 0.05) is 5.56 Å². The number of aliphatic hydroxyl groups is 1. The molecule has 0 radical (unpaired) electrons. The van der Waals surface area contributed by atoms with Crippen molar-refractivity contribution in [3.63, 3.8) is 0 Å². The van der Waals surface area contributed by atoms with Crippen molar-refractivity contribution in [1.29, 1.82) is 0 Å². The smallest absolute Gasteiger partial charge is 0.150 e. The van der Waals surface area contributed by atoms with Crippen LogP contribution in [0, 0.1) is 5.41 Å². The normalized spacial score (nSPS) is 15.8. The Kier molecular flexibility index (Phi) is 3.00. The third-order valence-electron chi connectivity index (χ3n) is 3.07. The summed E-state index contributed by atoms with van der Waals surface area (Å²) in [5.41, 5.74) is 0.327. The zero-order valence-corrected chi connectivity index (χ0v) is 9.74. The van der Waals surface area contributed by atoms with Crippen LogP contribution >= 0.6 is 0 Å². The Morgan fingerprint density at radius 3 is 1.87 bits per heavy atom. The van der Waals surface area contributed by atoms with Crippen LogP contribution in [0.1, 0.15) is 43.6 Å². The first kappa shape index (κ1) is 11.9. The minimum Gasteiger partial charge on any atom is -0.385 e. The van der Waals surface area contributed by atoms with Crippen LogP contribution in [0.25, 0.3) is 0 Å². The van der Waals surface area contributed by atoms with E-state index >= 15 is 0 Å². The molecule has 1 unspecified atom stereocenters. The first-order valence-corrected chi connectivity index (χ1v) is 5.07. The highest BCUT2D eigenvalue weighted by Gasteiger charge is 2.36. The summed E-state index contributed by atoms with van der Waals surface area (Å²) in [7, 11) is 0. The second-order valence-corrected chi connectivity index (χ2v) is 5.06. The summed E-state index contributed by atoms with van der Waals surface area (Å²) < 4.78 is 0. The van der Waals surface area contributed by atoms with Gasteiger partial charge in [0.15, 0.2) is 0 Å². The molecule has 0 heterocycles. The summed E-state index contributed by atoms with van der Waals surface area (Å²) in [4.78, 5) is 10.5. The summed E-state index contributed by atoms with van der Waals surface area (Å²) in [6.45, 7) is 7.75. The molecule has 1 N–H and O–H groups in total. The van der Waals surface area contributed by atoms with Crippen LogP contribution in [0.3, 0.4) is 0 Å². The molecule has 0 bridgehead atoms. The first-order chi connectivity index (χ1) is 6.79. The van der Waals surface area contributed by atoms with Crippen LogP contribution in [0.5, 0.6) is 0 Å². The Balaban J connectivity index is 3.11. The SMILES string of the molecule is CC(C)(C)C(C)(O)c1ccc(C=O)cc1. The van der Waals surface area contributed by atoms with Gasteiger partial charge in [-0.3, -0.25) is 4.79 Å². The van der Waals surface area contributed by atoms with Gasteiger partial charge in [-0.25, -0.2) is 0 Å². The maximum Gasteiger partial charge on any atom is 0.150 e. The fourth-order valence-corrected chi connectivity index (χ4v) is 1.32. The molecule has 2 heteroatoms. The Hall–Kier alpha value is -1.15. The van der Waals surface area contributed by atoms with Gasteiger partial charge in [-0.1, -0.05) is 45.0 Å². The van der Waals surface area contributed by atoms with Crippen molar-refractivity contribution in [3.05, 3.63) is 35.4 Å². The predicted molar refractivity (Wildman–Crippen MR) is 60.9 cm³/mol. The van der Waals surface area contributed by atoms with Crippen LogP contribution in [-0.4, -0.2) is 11.4 Å². The molecule has 1 aromatic carbocycles. The highest BCUT2D eigenvalue weighted by molar-refractivity contribution is 5.74. The molecule has 1 rings (SSSR count). The van der Waals surface area contributed by atoms with Gasteiger partial charge in [0.1, 0.15) is 6.29 Å². The average Bonchev–Trinajstić information content (AvgIpc) is 2.16. The molecule has 0 saturated heterocycles. The Labute approximate surface area is 90.9 Å². The second kappa shape index (κ2) is 3.78. The average molecular weight is 206 g/mol. The van der Waals surface area contributed by atoms with E-state index in [4.69, 9.17) is 0 Å². The number of carbonyl (C=O) groups excluding carboxylic acids is 1. The molecule has 0 aromatic heterocycles. The Bertz CT molecular complexity index is 342. The van der Waals surface area contributed by atoms with E-state index in [9.17, 15) is 9.90 Å². The van der Waals surface area contributed by atoms with Crippen molar-refractivity contribution in [2.75, 3.05) is 0 Å². The highest BCUT2D eigenvalue weighted by Crippen LogP contribution is 2.38. The van der Waals surface area contributed by atoms with Crippen molar-refractivity contribution < 1.29 is 9.90 Å². The fraction of sp³-hybridized carbons (Fsp3) is 0.462. The summed E-state index contributed by atoms with van der Waals surface area (Å²) in [5.74, 6) is 0. The van der Waals surface area contributed by atoms with Crippen LogP contribution in [0.2, 0.25) is 0 Å². The van der Waals surface area contributed by atoms with Gasteiger partial charge < -0.3 is 5.11 Å². The summed E-state index contributed by atoms with van der Waals surface area (Å²) in [6.07, 6.45) is 0.801. The lowest BCUT2D eigenvalue weighted by Gasteiger charge is -2.37. The zero-order valence-electron chi connectivity index (χ0n) is 9.74. The number of hydrogen-bond donors (Lipinski definition) is 1. The zero-order chi connectivity index (χ0) is 11.7. The molecule has 15 heavy (non-hydrogen) atoms. The van der Waals surface area contributed by atoms with Gasteiger partial charge in [-0.05, 0) is 17.9 Å². The molecule has 1 atom stereocenters. The molecule has 2 nitrogen and oxygen atoms in total. The lowest BCUT2D eigenvalue weighted by atomic mass is 9.73. The van der Waals surface area contributed by atoms with Crippen molar-refractivity contribution in [2.45, 2.75) is 33.3 Å². The number of rotatable bonds is 2. The van der Waals surface area contributed by atoms with E-state index in [-0.39, 0.29) is 5.41 Å². The highest BCUT2D eigenvalue weighted by atomic mass is 16.3. The number of hydrogen-bond acceptors (Lipinski definition) is 2. The van der Waals surface area contributed by atoms with Gasteiger partial charge in [0.05, 0.1) is 5.60 Å². The summed E-state index contributed by atoms with van der Waals surface area (Å²) >= 11 is 0. The lowest BCUT2D eigenvalue weighted by Crippen LogP contribution is -2.36. The number of carbonyl (C=O) groups is 1. The second-order valence-electron chi connectivity index (χ2n) is 5.06. The molecular formula is C13H18O2. The molecule has 0 aliphatic rings. The molecular weight excluding hydrogens is 188 g/mol. The summed E-state index contributed by atoms with van der Waals surface area (Å²) in [6, 6.07) is 7.05. The van der Waals surface area contributed by atoms with Crippen molar-refractivity contribution in [3.8, 4) is 0 Å². The van der Waals surface area contributed by atoms with Gasteiger partial charge in [0.2, 0.25) is 0 Å². The third kappa shape index (κ3) is 2.26. The van der Waals surface area contributed by atoms with Crippen LogP contribution in [0.4, 0.5) is 0 Å². The van der Waals surface area contributed by atoms with Crippen molar-refractivity contribution in [2.24, 2.45) is 5.41 Å². The van der Waals surface area contributed by atoms with Crippen molar-refractivity contribution >= 4 is 6.29 Å². The molecule has 0 amide bonds. The molecule has 0 aliphatic carbocycles.